The van der Waals surface area contributed by atoms with Gasteiger partial charge in [-0.1, -0.05) is 54.5 Å². The molecule has 3 aromatic heterocycles. The van der Waals surface area contributed by atoms with Crippen LogP contribution in [0, 0.1) is 0 Å². The number of pyridine rings is 1. The van der Waals surface area contributed by atoms with Gasteiger partial charge in [0.15, 0.2) is 5.82 Å². The molecule has 32 heavy (non-hydrogen) atoms. The molecule has 1 unspecified atom stereocenters. The number of ether oxygens (including phenoxy) is 1. The van der Waals surface area contributed by atoms with Crippen molar-refractivity contribution < 1.29 is 9.26 Å². The number of nitrogen functional groups attached to an aromatic ring is 1. The first kappa shape index (κ1) is 19.7. The molecular formula is C25H21N5O2. The maximum Gasteiger partial charge on any atom is 0.257 e. The molecule has 0 amide bonds. The van der Waals surface area contributed by atoms with E-state index in [2.05, 4.69) is 21.2 Å². The van der Waals surface area contributed by atoms with Crippen LogP contribution in [0.4, 0.5) is 5.82 Å². The largest absolute Gasteiger partial charge is 0.474 e. The molecule has 7 heteroatoms. The molecule has 5 rings (SSSR count). The van der Waals surface area contributed by atoms with E-state index < -0.39 is 0 Å². The Balaban J connectivity index is 1.57. The Morgan fingerprint density at radius 1 is 0.906 bits per heavy atom. The van der Waals surface area contributed by atoms with E-state index in [4.69, 9.17) is 20.0 Å². The maximum atomic E-state index is 6.26. The number of hydrogen-bond donors (Lipinski definition) is 1. The molecule has 0 radical (unpaired) electrons. The fourth-order valence-corrected chi connectivity index (χ4v) is 3.53. The third-order valence-electron chi connectivity index (χ3n) is 5.23. The minimum atomic E-state index is -0.0114. The van der Waals surface area contributed by atoms with Gasteiger partial charge in [0, 0.05) is 28.8 Å². The number of anilines is 1. The molecule has 0 aliphatic rings. The van der Waals surface area contributed by atoms with Crippen molar-refractivity contribution in [3.63, 3.8) is 0 Å². The number of rotatable bonds is 6. The molecule has 0 saturated carbocycles. The number of nitrogens with two attached hydrogens (primary N) is 1. The van der Waals surface area contributed by atoms with Gasteiger partial charge in [-0.05, 0) is 18.2 Å². The summed E-state index contributed by atoms with van der Waals surface area (Å²) in [7, 11) is 0. The molecule has 2 aromatic carbocycles. The lowest BCUT2D eigenvalue weighted by Crippen LogP contribution is -2.11. The van der Waals surface area contributed by atoms with Gasteiger partial charge < -0.3 is 15.0 Å². The minimum absolute atomic E-state index is 0.0114. The van der Waals surface area contributed by atoms with Crippen molar-refractivity contribution in [2.75, 3.05) is 12.3 Å². The molecule has 7 nitrogen and oxygen atoms in total. The fourth-order valence-electron chi connectivity index (χ4n) is 3.53. The zero-order valence-corrected chi connectivity index (χ0v) is 17.5. The van der Waals surface area contributed by atoms with Crippen LogP contribution >= 0.6 is 0 Å². The quantitative estimate of drug-likeness (QED) is 0.405. The van der Waals surface area contributed by atoms with Crippen LogP contribution < -0.4 is 10.5 Å². The van der Waals surface area contributed by atoms with Gasteiger partial charge >= 0.3 is 0 Å². The van der Waals surface area contributed by atoms with Crippen LogP contribution in [0.2, 0.25) is 0 Å². The Kier molecular flexibility index (Phi) is 5.21. The summed E-state index contributed by atoms with van der Waals surface area (Å²) in [6.07, 6.45) is 3.39. The van der Waals surface area contributed by atoms with Gasteiger partial charge in [-0.3, -0.25) is 4.98 Å². The molecule has 0 spiro atoms. The molecule has 1 atom stereocenters. The second-order valence-electron chi connectivity index (χ2n) is 7.51. The molecule has 0 aliphatic heterocycles. The number of fused-ring (bicyclic) bond motifs is 1. The molecule has 0 aliphatic carbocycles. The van der Waals surface area contributed by atoms with Crippen molar-refractivity contribution in [3.8, 4) is 28.4 Å². The van der Waals surface area contributed by atoms with Crippen LogP contribution in [0.5, 0.6) is 5.88 Å². The predicted octanol–water partition coefficient (Wildman–Crippen LogP) is 5.11. The highest BCUT2D eigenvalue weighted by Crippen LogP contribution is 2.34. The minimum Gasteiger partial charge on any atom is -0.474 e. The van der Waals surface area contributed by atoms with Crippen molar-refractivity contribution >= 4 is 16.7 Å². The first-order chi connectivity index (χ1) is 15.7. The van der Waals surface area contributed by atoms with Gasteiger partial charge in [0.1, 0.15) is 11.5 Å². The summed E-state index contributed by atoms with van der Waals surface area (Å²) in [4.78, 5) is 13.9. The summed E-state index contributed by atoms with van der Waals surface area (Å²) < 4.78 is 11.2. The fraction of sp³-hybridized carbons (Fsp3) is 0.120. The van der Waals surface area contributed by atoms with Crippen molar-refractivity contribution in [1.29, 1.82) is 0 Å². The lowest BCUT2D eigenvalue weighted by Gasteiger charge is -2.15. The first-order valence-corrected chi connectivity index (χ1v) is 10.3. The second-order valence-corrected chi connectivity index (χ2v) is 7.51. The Labute approximate surface area is 184 Å². The molecule has 3 heterocycles. The van der Waals surface area contributed by atoms with Gasteiger partial charge in [0.25, 0.3) is 5.88 Å². The Bertz CT molecular complexity index is 1350. The van der Waals surface area contributed by atoms with Gasteiger partial charge in [-0.2, -0.15) is 0 Å². The average molecular weight is 423 g/mol. The maximum absolute atomic E-state index is 6.26. The van der Waals surface area contributed by atoms with Crippen molar-refractivity contribution in [3.05, 3.63) is 84.9 Å². The topological polar surface area (TPSA) is 100.0 Å². The first-order valence-electron chi connectivity index (χ1n) is 10.3. The third kappa shape index (κ3) is 3.88. The van der Waals surface area contributed by atoms with Crippen molar-refractivity contribution in [2.24, 2.45) is 0 Å². The SMILES string of the molecule is CC(COc1nc(-c2ccc3ncccc3c2)c(-c2ccccc2)nc1N)c1ccno1. The van der Waals surface area contributed by atoms with E-state index in [-0.39, 0.29) is 17.6 Å². The van der Waals surface area contributed by atoms with Gasteiger partial charge in [0.2, 0.25) is 0 Å². The van der Waals surface area contributed by atoms with Crippen molar-refractivity contribution in [2.45, 2.75) is 12.8 Å². The highest BCUT2D eigenvalue weighted by Gasteiger charge is 2.18. The summed E-state index contributed by atoms with van der Waals surface area (Å²) >= 11 is 0. The standard InChI is InChI=1S/C25H21N5O2/c1-16(21-11-13-28-32-21)15-31-25-24(26)29-22(17-6-3-2-4-7-17)23(30-25)19-9-10-20-18(14-19)8-5-12-27-20/h2-14,16H,15H2,1H3,(H2,26,29). The van der Waals surface area contributed by atoms with E-state index in [0.29, 0.717) is 18.0 Å². The summed E-state index contributed by atoms with van der Waals surface area (Å²) in [5, 5.41) is 4.77. The van der Waals surface area contributed by atoms with E-state index in [1.165, 1.54) is 0 Å². The summed E-state index contributed by atoms with van der Waals surface area (Å²) in [5.74, 6) is 1.25. The smallest absolute Gasteiger partial charge is 0.257 e. The van der Waals surface area contributed by atoms with E-state index in [1.807, 2.05) is 67.6 Å². The summed E-state index contributed by atoms with van der Waals surface area (Å²) in [6, 6.07) is 21.6. The highest BCUT2D eigenvalue weighted by atomic mass is 16.5. The van der Waals surface area contributed by atoms with Crippen LogP contribution in [-0.2, 0) is 0 Å². The van der Waals surface area contributed by atoms with Crippen LogP contribution in [0.3, 0.4) is 0 Å². The van der Waals surface area contributed by atoms with Gasteiger partial charge in [-0.15, -0.1) is 0 Å². The number of nitrogens with zero attached hydrogens (tertiary/aromatic N) is 4. The predicted molar refractivity (Wildman–Crippen MR) is 123 cm³/mol. The molecular weight excluding hydrogens is 402 g/mol. The van der Waals surface area contributed by atoms with E-state index in [0.717, 1.165) is 27.8 Å². The highest BCUT2D eigenvalue weighted by molar-refractivity contribution is 5.87. The molecule has 158 valence electrons. The Morgan fingerprint density at radius 2 is 1.75 bits per heavy atom. The number of aromatic nitrogens is 4. The number of hydrogen-bond acceptors (Lipinski definition) is 7. The molecule has 2 N–H and O–H groups in total. The van der Waals surface area contributed by atoms with E-state index in [1.54, 1.807) is 12.4 Å². The summed E-state index contributed by atoms with van der Waals surface area (Å²) in [5.41, 5.74) is 10.4. The van der Waals surface area contributed by atoms with Gasteiger partial charge in [0.05, 0.1) is 29.9 Å². The molecule has 0 bridgehead atoms. The lowest BCUT2D eigenvalue weighted by molar-refractivity contribution is 0.258. The summed E-state index contributed by atoms with van der Waals surface area (Å²) in [6.45, 7) is 2.32. The zero-order chi connectivity index (χ0) is 21.9. The Morgan fingerprint density at radius 3 is 2.56 bits per heavy atom. The Hall–Kier alpha value is -4.26. The lowest BCUT2D eigenvalue weighted by atomic mass is 10.0. The van der Waals surface area contributed by atoms with Gasteiger partial charge in [-0.25, -0.2) is 9.97 Å². The van der Waals surface area contributed by atoms with Crippen molar-refractivity contribution in [1.82, 2.24) is 20.1 Å². The van der Waals surface area contributed by atoms with Crippen LogP contribution in [-0.4, -0.2) is 26.7 Å². The van der Waals surface area contributed by atoms with E-state index in [9.17, 15) is 0 Å². The van der Waals surface area contributed by atoms with Crippen LogP contribution in [0.25, 0.3) is 33.4 Å². The third-order valence-corrected chi connectivity index (χ3v) is 5.23. The normalized spacial score (nSPS) is 12.0. The zero-order valence-electron chi connectivity index (χ0n) is 17.5. The molecule has 0 saturated heterocycles. The monoisotopic (exact) mass is 423 g/mol. The molecule has 0 fully saturated rings. The van der Waals surface area contributed by atoms with Crippen LogP contribution in [0.1, 0.15) is 18.6 Å². The number of benzene rings is 2. The average Bonchev–Trinajstić information content (AvgIpc) is 3.38. The molecule has 5 aromatic rings. The second kappa shape index (κ2) is 8.47. The van der Waals surface area contributed by atoms with E-state index >= 15 is 0 Å². The van der Waals surface area contributed by atoms with Crippen LogP contribution in [0.15, 0.2) is 83.6 Å².